The molecule has 13 nitrogen and oxygen atoms in total. The van der Waals surface area contributed by atoms with E-state index < -0.39 is 33.0 Å². The maximum Gasteiger partial charge on any atom is 1.00 e. The summed E-state index contributed by atoms with van der Waals surface area (Å²) in [5.41, 5.74) is 5.53. The van der Waals surface area contributed by atoms with Gasteiger partial charge >= 0.3 is 68.9 Å². The van der Waals surface area contributed by atoms with E-state index in [1.807, 2.05) is 54.4 Å². The summed E-state index contributed by atoms with van der Waals surface area (Å²) in [7, 11) is 3.05. The first-order valence-electron chi connectivity index (χ1n) is 55.8. The first-order valence-corrected chi connectivity index (χ1v) is 45.8. The number of nitrogens with zero attached hydrogens (tertiary/aromatic N) is 4. The van der Waals surface area contributed by atoms with E-state index in [0.717, 1.165) is 136 Å². The van der Waals surface area contributed by atoms with Crippen LogP contribution in [0, 0.1) is 133 Å². The van der Waals surface area contributed by atoms with Gasteiger partial charge in [0, 0.05) is 108 Å². The fourth-order valence-corrected chi connectivity index (χ4v) is 26.8. The molecule has 12 saturated carbocycles. The largest absolute Gasteiger partial charge is 1.00 e. The van der Waals surface area contributed by atoms with Gasteiger partial charge < -0.3 is 48.5 Å². The molecule has 0 unspecified atom stereocenters. The van der Waals surface area contributed by atoms with Crippen LogP contribution in [-0.2, 0) is 14.2 Å². The molecule has 12 aliphatic rings. The van der Waals surface area contributed by atoms with Crippen LogP contribution < -0.4 is 79.0 Å². The van der Waals surface area contributed by atoms with E-state index in [1.165, 1.54) is 127 Å². The molecule has 0 spiro atoms. The predicted molar refractivity (Wildman–Crippen MR) is 432 cm³/mol. The normalized spacial score (nSPS) is 45.7. The van der Waals surface area contributed by atoms with Crippen LogP contribution >= 0.6 is 0 Å². The molecule has 2 aromatic rings. The molecule has 14 rings (SSSR count). The number of terminal acetylenes is 1. The van der Waals surface area contributed by atoms with Gasteiger partial charge in [0.05, 0.1) is 54.1 Å². The zero-order valence-electron chi connectivity index (χ0n) is 98.5. The van der Waals surface area contributed by atoms with Crippen LogP contribution in [0.1, 0.15) is 309 Å². The van der Waals surface area contributed by atoms with E-state index in [1.54, 1.807) is 6.26 Å². The summed E-state index contributed by atoms with van der Waals surface area (Å²) >= 11 is 0. The average Bonchev–Trinajstić information content (AvgIpc) is 1.67. The van der Waals surface area contributed by atoms with Crippen LogP contribution in [0.4, 0.5) is 0 Å². The zero-order valence-corrected chi connectivity index (χ0v) is 72.7. The number of aromatic nitrogens is 2. The van der Waals surface area contributed by atoms with Crippen LogP contribution in [0.2, 0.25) is 39.3 Å². The van der Waals surface area contributed by atoms with Gasteiger partial charge in [-0.1, -0.05) is 84.7 Å². The van der Waals surface area contributed by atoms with Crippen molar-refractivity contribution in [3.05, 3.63) is 29.8 Å². The van der Waals surface area contributed by atoms with Crippen LogP contribution in [0.25, 0.3) is 0 Å². The Balaban J connectivity index is -0.000000152. The molecule has 12 fully saturated rings. The van der Waals surface area contributed by atoms with Crippen molar-refractivity contribution in [2.75, 3.05) is 41.2 Å². The number of oxime groups is 1. The van der Waals surface area contributed by atoms with E-state index >= 15 is 0 Å². The van der Waals surface area contributed by atoms with Gasteiger partial charge in [-0.15, -0.1) is 17.1 Å². The average molecular weight is 1600 g/mol. The molecule has 24 atom stereocenters. The molecule has 2 aromatic heterocycles. The van der Waals surface area contributed by atoms with Gasteiger partial charge in [-0.2, -0.15) is 5.26 Å². The molecule has 0 saturated heterocycles. The van der Waals surface area contributed by atoms with Crippen LogP contribution in [0.5, 0.6) is 0 Å². The number of nitriles is 1. The van der Waals surface area contributed by atoms with Crippen molar-refractivity contribution in [1.29, 1.82) is 5.26 Å². The third-order valence-corrected chi connectivity index (χ3v) is 33.1. The predicted octanol–water partition coefficient (Wildman–Crippen LogP) is 16.6. The van der Waals surface area contributed by atoms with E-state index in [4.69, 9.17) is 90.6 Å². The van der Waals surface area contributed by atoms with Gasteiger partial charge in [-0.05, 0) is 304 Å². The van der Waals surface area contributed by atoms with Gasteiger partial charge in [0.15, 0.2) is 0 Å². The molecule has 99 heavy (non-hydrogen) atoms. The van der Waals surface area contributed by atoms with Gasteiger partial charge in [0.2, 0.25) is 0 Å². The smallest absolute Gasteiger partial charge is 1.00 e. The maximum absolute atomic E-state index is 10.8. The van der Waals surface area contributed by atoms with Gasteiger partial charge in [0.1, 0.15) is 27.8 Å². The van der Waals surface area contributed by atoms with Crippen molar-refractivity contribution in [2.45, 2.75) is 304 Å². The molecule has 12 aliphatic carbocycles. The Morgan fingerprint density at radius 1 is 0.586 bits per heavy atom. The van der Waals surface area contributed by atoms with Crippen molar-refractivity contribution in [3.8, 4) is 18.0 Å². The Hall–Kier alpha value is -0.884. The van der Waals surface area contributed by atoms with Crippen molar-refractivity contribution < 1.29 is 168 Å². The third-order valence-electron chi connectivity index (χ3n) is 30.5. The summed E-state index contributed by atoms with van der Waals surface area (Å²) < 4.78 is 199. The molecule has 0 aromatic carbocycles. The Labute approximate surface area is 713 Å². The molecule has 590 valence electrons. The summed E-state index contributed by atoms with van der Waals surface area (Å²) in [4.78, 5) is 0. The zero-order chi connectivity index (χ0) is 104. The molecular formula is C82H172CsFN4O9Si2. The Morgan fingerprint density at radius 3 is 1.29 bits per heavy atom. The molecule has 17 heteroatoms. The summed E-state index contributed by atoms with van der Waals surface area (Å²) in [5.74, 6) is 10.4. The second kappa shape index (κ2) is 33.3. The molecule has 2 heterocycles. The number of aliphatic hydroxyl groups is 3. The van der Waals surface area contributed by atoms with Crippen LogP contribution in [-0.4, -0.2) is 111 Å². The molecular weight excluding hydrogens is 1390 g/mol. The summed E-state index contributed by atoms with van der Waals surface area (Å²) in [6, 6.07) is 6.35. The van der Waals surface area contributed by atoms with E-state index in [2.05, 4.69) is 100 Å². The number of ether oxygens (including phenoxy) is 3. The van der Waals surface area contributed by atoms with Gasteiger partial charge in [-0.3, -0.25) is 0 Å². The SMILES string of the molecule is C.C#C[Si](C)(C)C.CCC#N.COC[C@]12CC[C@@](C)(O)C[C@H]1CC[C@H]1[C@@H]3CC[C@H](/C=N/O)[C@@]3(C)CC[C@@H]12.COC[C@]12CC[C@@](C)(O)C[C@H]1CC[C@H]1[C@@H]3CC[C@H](c4cc([Si](C)(C)C)on4)[C@@]3(C)CC[C@@H]12.COC[C@]12CC[C@@](C)(O)C[C@H]1CC[C@H]1[C@@H]3CC[C@H](c4ccon4)[C@@]3(C)CC[C@@H]12.[2H][2H].[2H][2H].[2H][2H].[2H][2H].[2H][2H].[2H][2H].[2H][2H].[2H][2H].[2H][2H].[2H][2H].[2H][2H].[2H][2H].[2H][2H].[2H][2H].[2H][2H].[2H][2H].[2H][2H].[Cs+].[F-]. The summed E-state index contributed by atoms with van der Waals surface area (Å²) in [5, 5.41) is 62.6. The van der Waals surface area contributed by atoms with Crippen molar-refractivity contribution in [3.63, 3.8) is 0 Å². The Bertz CT molecular complexity index is 3120. The number of hydrogen-bond donors (Lipinski definition) is 4. The monoisotopic (exact) mass is 1600 g/mol. The molecule has 4 N–H and O–H groups in total. The Morgan fingerprint density at radius 2 is 0.960 bits per heavy atom. The minimum Gasteiger partial charge on any atom is -1.00 e. The number of halogens is 1. The minimum atomic E-state index is -1.47. The standard InChI is InChI=1S/C27H45NO3Si.C24H37NO3.C22H37NO3.C5H10Si.C3H5N.CH4.Cs.FH.17H2/c1-25(29)13-14-27(17-30-3)18(16-25)7-8-19-20-9-10-22(26(20,2)12-11-21(19)27)23-15-24(31-28-23)32(4,5)6;1-22(26)11-12-24(15-27-3)16(14-22)4-5-17-18-6-7-20(21-9-13-28-25-21)23(18,2)10-8-19(17)24;1-20(24)10-11-22(14-26-3)15(12-20)4-6-17-18-7-5-16(13-23-25)21(18,2)9-8-19(17)22;1-5-6(2,3)4;1-2-3-4;;;;;;;;;;;;;;;;;;;;/h15,18-22,29H,7-14,16-17H2,1-6H3;9,13,16-20,26H,4-8,10-12,14-15H2,1-3H3;13,15-19,24-25H,4-12,14H2,1-3H3;1H,2-4H3;2H2,1H3;1H4;;18*1H/q;;;;;;+1;;;;;;;;;;;;;;;;;;/p-1/b;;23-13+;;;;;;;;;;;;;;;;;;;;;;/t18-,19+,20+,21+,22-,25-,26+,27-;16-,17+,18+,19+,20-,22-,23+,24-;15-,16-,17+,18+,19+,20-,21-,22-;;;;;;;;;;;;;;;;;;;;;;/m111....................../s1/i;;;;;;;;17*1+1D. The van der Waals surface area contributed by atoms with Gasteiger partial charge in [0.25, 0.3) is 0 Å². The maximum atomic E-state index is 10.8. The van der Waals surface area contributed by atoms with E-state index in [-0.39, 0.29) is 97.3 Å². The topological polar surface area (TPSA) is 197 Å². The van der Waals surface area contributed by atoms with Crippen LogP contribution in [0.3, 0.4) is 0 Å². The number of methoxy groups -OCH3 is 3. The van der Waals surface area contributed by atoms with Crippen LogP contribution in [0.15, 0.2) is 32.6 Å². The molecule has 0 amide bonds. The van der Waals surface area contributed by atoms with Gasteiger partial charge in [-0.25, -0.2) is 0 Å². The van der Waals surface area contributed by atoms with Crippen molar-refractivity contribution in [2.24, 2.45) is 115 Å². The first kappa shape index (κ1) is 63.1. The fraction of sp³-hybridized carbons (Fsp3) is 0.878. The fourth-order valence-electron chi connectivity index (χ4n) is 25.9. The summed E-state index contributed by atoms with van der Waals surface area (Å²) in [6.07, 6.45) is 41.4. The van der Waals surface area contributed by atoms with E-state index in [0.29, 0.717) is 58.2 Å². The second-order valence-electron chi connectivity index (χ2n) is 38.1. The molecule has 0 bridgehead atoms. The summed E-state index contributed by atoms with van der Waals surface area (Å²) in [6.45, 7) is 31.6. The Kier molecular flexibility index (Phi) is 21.2. The quantitative estimate of drug-likeness (QED) is 0.0578. The van der Waals surface area contributed by atoms with Crippen molar-refractivity contribution in [1.82, 2.24) is 10.3 Å². The molecule has 0 radical (unpaired) electrons. The number of hydrogen-bond acceptors (Lipinski definition) is 13. The van der Waals surface area contributed by atoms with E-state index in [9.17, 15) is 15.3 Å². The number of fused-ring (bicyclic) bond motifs is 15. The minimum absolute atomic E-state index is 0. The number of rotatable bonds is 10. The molecule has 0 aliphatic heterocycles. The second-order valence-corrected chi connectivity index (χ2v) is 47.9. The first-order chi connectivity index (χ1) is 62.2. The van der Waals surface area contributed by atoms with Crippen molar-refractivity contribution >= 4 is 27.7 Å². The third kappa shape index (κ3) is 16.9.